The molecule has 20 heavy (non-hydrogen) atoms. The second kappa shape index (κ2) is 5.40. The number of benzene rings is 1. The second-order valence-electron chi connectivity index (χ2n) is 4.44. The molecule has 0 fully saturated rings. The molecular weight excluding hydrogens is 271 g/mol. The van der Waals surface area contributed by atoms with E-state index in [4.69, 9.17) is 5.11 Å². The minimum Gasteiger partial charge on any atom is -0.478 e. The Kier molecular flexibility index (Phi) is 3.83. The number of rotatable bonds is 3. The summed E-state index contributed by atoms with van der Waals surface area (Å²) >= 11 is 0. The zero-order valence-electron chi connectivity index (χ0n) is 10.4. The Hall–Kier alpha value is -2.24. The summed E-state index contributed by atoms with van der Waals surface area (Å²) in [6, 6.07) is 5.02. The highest BCUT2D eigenvalue weighted by molar-refractivity contribution is 5.87. The van der Waals surface area contributed by atoms with Crippen molar-refractivity contribution in [1.29, 1.82) is 0 Å². The van der Waals surface area contributed by atoms with E-state index in [0.717, 1.165) is 12.1 Å². The van der Waals surface area contributed by atoms with E-state index in [1.165, 1.54) is 12.1 Å². The third-order valence-corrected chi connectivity index (χ3v) is 2.88. The van der Waals surface area contributed by atoms with Crippen molar-refractivity contribution in [2.75, 3.05) is 6.54 Å². The monoisotopic (exact) mass is 283 g/mol. The van der Waals surface area contributed by atoms with Gasteiger partial charge in [-0.25, -0.2) is 4.79 Å². The summed E-state index contributed by atoms with van der Waals surface area (Å²) in [5.74, 6) is -1.02. The molecule has 2 rings (SSSR count). The fourth-order valence-corrected chi connectivity index (χ4v) is 1.93. The van der Waals surface area contributed by atoms with E-state index in [1.54, 1.807) is 23.2 Å². The molecule has 3 nitrogen and oxygen atoms in total. The van der Waals surface area contributed by atoms with Gasteiger partial charge in [-0.15, -0.1) is 0 Å². The van der Waals surface area contributed by atoms with Gasteiger partial charge >= 0.3 is 12.1 Å². The van der Waals surface area contributed by atoms with Gasteiger partial charge in [0.05, 0.1) is 11.1 Å². The van der Waals surface area contributed by atoms with Crippen LogP contribution in [0.2, 0.25) is 0 Å². The molecule has 0 saturated heterocycles. The van der Waals surface area contributed by atoms with Crippen molar-refractivity contribution in [2.24, 2.45) is 0 Å². The highest BCUT2D eigenvalue weighted by Crippen LogP contribution is 2.29. The molecule has 0 aromatic heterocycles. The van der Waals surface area contributed by atoms with Crippen LogP contribution < -0.4 is 0 Å². The van der Waals surface area contributed by atoms with Gasteiger partial charge in [0.1, 0.15) is 0 Å². The zero-order valence-corrected chi connectivity index (χ0v) is 10.4. The molecule has 0 bridgehead atoms. The van der Waals surface area contributed by atoms with Gasteiger partial charge < -0.3 is 10.0 Å². The molecule has 1 heterocycles. The first kappa shape index (κ1) is 14.2. The fraction of sp³-hybridized carbons (Fsp3) is 0.214. The van der Waals surface area contributed by atoms with Gasteiger partial charge in [0.25, 0.3) is 0 Å². The zero-order chi connectivity index (χ0) is 14.8. The van der Waals surface area contributed by atoms with Crippen LogP contribution in [0.3, 0.4) is 0 Å². The smallest absolute Gasteiger partial charge is 0.416 e. The van der Waals surface area contributed by atoms with Crippen molar-refractivity contribution in [3.8, 4) is 0 Å². The third-order valence-electron chi connectivity index (χ3n) is 2.88. The summed E-state index contributed by atoms with van der Waals surface area (Å²) in [5, 5.41) is 8.90. The minimum atomic E-state index is -4.38. The first-order valence-electron chi connectivity index (χ1n) is 5.87. The standard InChI is InChI=1S/C14H12F3NO2/c15-14(16,17)12-5-1-3-10(7-12)8-18-6-2-4-11(9-18)13(19)20/h1-7H,8-9H2,(H,19,20). The molecule has 0 saturated carbocycles. The topological polar surface area (TPSA) is 40.5 Å². The van der Waals surface area contributed by atoms with E-state index in [1.807, 2.05) is 0 Å². The van der Waals surface area contributed by atoms with Gasteiger partial charge in [-0.05, 0) is 36.0 Å². The van der Waals surface area contributed by atoms with Crippen LogP contribution in [0.25, 0.3) is 0 Å². The number of carbonyl (C=O) groups is 1. The van der Waals surface area contributed by atoms with E-state index < -0.39 is 17.7 Å². The van der Waals surface area contributed by atoms with Crippen LogP contribution in [0.5, 0.6) is 0 Å². The highest BCUT2D eigenvalue weighted by atomic mass is 19.4. The van der Waals surface area contributed by atoms with Gasteiger partial charge in [0.15, 0.2) is 0 Å². The van der Waals surface area contributed by atoms with Gasteiger partial charge in [-0.1, -0.05) is 12.1 Å². The first-order valence-corrected chi connectivity index (χ1v) is 5.87. The summed E-state index contributed by atoms with van der Waals surface area (Å²) in [5.41, 5.74) is -0.0134. The van der Waals surface area contributed by atoms with Crippen LogP contribution in [-0.2, 0) is 17.5 Å². The number of carboxylic acid groups (broad SMARTS) is 1. The Labute approximate surface area is 113 Å². The molecular formula is C14H12F3NO2. The van der Waals surface area contributed by atoms with Crippen LogP contribution in [0.15, 0.2) is 48.2 Å². The van der Waals surface area contributed by atoms with Crippen LogP contribution in [-0.4, -0.2) is 22.5 Å². The van der Waals surface area contributed by atoms with E-state index in [2.05, 4.69) is 0 Å². The SMILES string of the molecule is O=C(O)C1=CC=CN(Cc2cccc(C(F)(F)F)c2)C1. The lowest BCUT2D eigenvalue weighted by Crippen LogP contribution is -2.25. The van der Waals surface area contributed by atoms with Gasteiger partial charge in [0, 0.05) is 13.1 Å². The average molecular weight is 283 g/mol. The summed E-state index contributed by atoms with van der Waals surface area (Å²) in [6.07, 6.45) is 0.331. The molecule has 0 aliphatic carbocycles. The number of allylic oxidation sites excluding steroid dienone is 2. The number of hydrogen-bond acceptors (Lipinski definition) is 2. The van der Waals surface area contributed by atoms with Crippen LogP contribution in [0.4, 0.5) is 13.2 Å². The molecule has 1 aliphatic rings. The summed E-state index contributed by atoms with van der Waals surface area (Å²) < 4.78 is 37.8. The number of aliphatic carboxylic acids is 1. The quantitative estimate of drug-likeness (QED) is 0.927. The van der Waals surface area contributed by atoms with Gasteiger partial charge in [-0.3, -0.25) is 0 Å². The average Bonchev–Trinajstić information content (AvgIpc) is 2.38. The van der Waals surface area contributed by atoms with Crippen molar-refractivity contribution in [3.63, 3.8) is 0 Å². The predicted molar refractivity (Wildman–Crippen MR) is 66.7 cm³/mol. The lowest BCUT2D eigenvalue weighted by molar-refractivity contribution is -0.137. The lowest BCUT2D eigenvalue weighted by atomic mass is 10.1. The first-order chi connectivity index (χ1) is 9.36. The molecule has 0 radical (unpaired) electrons. The van der Waals surface area contributed by atoms with Crippen LogP contribution >= 0.6 is 0 Å². The lowest BCUT2D eigenvalue weighted by Gasteiger charge is -2.23. The number of hydrogen-bond donors (Lipinski definition) is 1. The van der Waals surface area contributed by atoms with E-state index in [9.17, 15) is 18.0 Å². The number of halogens is 3. The van der Waals surface area contributed by atoms with Gasteiger partial charge in [-0.2, -0.15) is 13.2 Å². The molecule has 0 spiro atoms. The van der Waals surface area contributed by atoms with E-state index in [-0.39, 0.29) is 18.7 Å². The molecule has 1 N–H and O–H groups in total. The Morgan fingerprint density at radius 2 is 2.10 bits per heavy atom. The largest absolute Gasteiger partial charge is 0.478 e. The van der Waals surface area contributed by atoms with E-state index >= 15 is 0 Å². The Morgan fingerprint density at radius 1 is 1.35 bits per heavy atom. The van der Waals surface area contributed by atoms with Crippen molar-refractivity contribution in [3.05, 3.63) is 59.3 Å². The van der Waals surface area contributed by atoms with E-state index in [0.29, 0.717) is 5.56 Å². The maximum absolute atomic E-state index is 12.6. The van der Waals surface area contributed by atoms with Gasteiger partial charge in [0.2, 0.25) is 0 Å². The molecule has 1 aromatic carbocycles. The highest BCUT2D eigenvalue weighted by Gasteiger charge is 2.30. The summed E-state index contributed by atoms with van der Waals surface area (Å²) in [7, 11) is 0. The van der Waals surface area contributed by atoms with Crippen molar-refractivity contribution in [1.82, 2.24) is 4.90 Å². The Morgan fingerprint density at radius 3 is 2.75 bits per heavy atom. The second-order valence-corrected chi connectivity index (χ2v) is 4.44. The molecule has 6 heteroatoms. The van der Waals surface area contributed by atoms with Crippen molar-refractivity contribution >= 4 is 5.97 Å². The van der Waals surface area contributed by atoms with Crippen molar-refractivity contribution < 1.29 is 23.1 Å². The molecule has 0 atom stereocenters. The predicted octanol–water partition coefficient (Wildman–Crippen LogP) is 3.05. The summed E-state index contributed by atoms with van der Waals surface area (Å²) in [6.45, 7) is 0.396. The number of carboxylic acids is 1. The normalized spacial score (nSPS) is 15.2. The number of alkyl halides is 3. The fourth-order valence-electron chi connectivity index (χ4n) is 1.93. The summed E-state index contributed by atoms with van der Waals surface area (Å²) in [4.78, 5) is 12.5. The maximum Gasteiger partial charge on any atom is 0.416 e. The molecule has 0 unspecified atom stereocenters. The minimum absolute atomic E-state index is 0.169. The van der Waals surface area contributed by atoms with Crippen LogP contribution in [0.1, 0.15) is 11.1 Å². The van der Waals surface area contributed by atoms with Crippen LogP contribution in [0, 0.1) is 0 Å². The molecule has 1 aromatic rings. The maximum atomic E-state index is 12.6. The Bertz CT molecular complexity index is 576. The molecule has 1 aliphatic heterocycles. The van der Waals surface area contributed by atoms with Crippen molar-refractivity contribution in [2.45, 2.75) is 12.7 Å². The Balaban J connectivity index is 2.10. The molecule has 106 valence electrons. The third kappa shape index (κ3) is 3.40. The number of nitrogens with zero attached hydrogens (tertiary/aromatic N) is 1. The molecule has 0 amide bonds.